The van der Waals surface area contributed by atoms with Gasteiger partial charge in [-0.3, -0.25) is 0 Å². The Bertz CT molecular complexity index is 502. The molecule has 1 aromatic heterocycles. The Morgan fingerprint density at radius 3 is 2.75 bits per heavy atom. The van der Waals surface area contributed by atoms with E-state index in [4.69, 9.17) is 5.26 Å². The molecule has 0 saturated carbocycles. The van der Waals surface area contributed by atoms with Gasteiger partial charge in [-0.15, -0.1) is 5.10 Å². The van der Waals surface area contributed by atoms with Crippen LogP contribution in [0.15, 0.2) is 42.6 Å². The Hall–Kier alpha value is -2.41. The van der Waals surface area contributed by atoms with Gasteiger partial charge in [-0.1, -0.05) is 30.3 Å². The molecule has 4 nitrogen and oxygen atoms in total. The van der Waals surface area contributed by atoms with E-state index in [0.717, 1.165) is 5.56 Å². The smallest absolute Gasteiger partial charge is 0.166 e. The van der Waals surface area contributed by atoms with Gasteiger partial charge >= 0.3 is 0 Å². The van der Waals surface area contributed by atoms with Crippen LogP contribution in [-0.4, -0.2) is 10.2 Å². The van der Waals surface area contributed by atoms with E-state index in [9.17, 15) is 0 Å². The highest BCUT2D eigenvalue weighted by molar-refractivity contribution is 5.50. The van der Waals surface area contributed by atoms with Gasteiger partial charge in [0.25, 0.3) is 0 Å². The van der Waals surface area contributed by atoms with E-state index >= 15 is 0 Å². The first-order chi connectivity index (χ1) is 7.90. The predicted molar refractivity (Wildman–Crippen MR) is 60.5 cm³/mol. The first-order valence-corrected chi connectivity index (χ1v) is 4.90. The normalized spacial score (nSPS) is 9.44. The Labute approximate surface area is 93.6 Å². The van der Waals surface area contributed by atoms with E-state index < -0.39 is 0 Å². The Morgan fingerprint density at radius 1 is 1.19 bits per heavy atom. The number of nitriles is 1. The molecule has 0 amide bonds. The summed E-state index contributed by atoms with van der Waals surface area (Å²) >= 11 is 0. The van der Waals surface area contributed by atoms with Gasteiger partial charge in [0, 0.05) is 6.54 Å². The topological polar surface area (TPSA) is 61.6 Å². The highest BCUT2D eigenvalue weighted by Gasteiger charge is 2.01. The van der Waals surface area contributed by atoms with Crippen molar-refractivity contribution in [2.45, 2.75) is 6.54 Å². The van der Waals surface area contributed by atoms with Crippen LogP contribution in [-0.2, 0) is 6.54 Å². The van der Waals surface area contributed by atoms with Gasteiger partial charge in [-0.2, -0.15) is 10.4 Å². The molecule has 0 aliphatic heterocycles. The SMILES string of the molecule is N#Cc1ccnnc1NCc1ccccc1. The van der Waals surface area contributed by atoms with Crippen LogP contribution in [0.1, 0.15) is 11.1 Å². The lowest BCUT2D eigenvalue weighted by Crippen LogP contribution is -2.04. The molecule has 0 fully saturated rings. The summed E-state index contributed by atoms with van der Waals surface area (Å²) in [6.07, 6.45) is 1.51. The minimum Gasteiger partial charge on any atom is -0.363 e. The van der Waals surface area contributed by atoms with E-state index in [2.05, 4.69) is 21.6 Å². The molecule has 2 rings (SSSR count). The van der Waals surface area contributed by atoms with Crippen LogP contribution in [0.3, 0.4) is 0 Å². The standard InChI is InChI=1S/C12H10N4/c13-8-11-6-7-15-16-12(11)14-9-10-4-2-1-3-5-10/h1-7H,9H2,(H,14,16). The summed E-state index contributed by atoms with van der Waals surface area (Å²) in [7, 11) is 0. The van der Waals surface area contributed by atoms with Crippen LogP contribution >= 0.6 is 0 Å². The zero-order valence-electron chi connectivity index (χ0n) is 8.59. The van der Waals surface area contributed by atoms with Crippen LogP contribution in [0.5, 0.6) is 0 Å². The van der Waals surface area contributed by atoms with Gasteiger partial charge in [-0.05, 0) is 11.6 Å². The Morgan fingerprint density at radius 2 is 2.00 bits per heavy atom. The number of nitrogens with one attached hydrogen (secondary N) is 1. The average molecular weight is 210 g/mol. The molecule has 0 aliphatic carbocycles. The molecule has 78 valence electrons. The van der Waals surface area contributed by atoms with E-state index in [-0.39, 0.29) is 0 Å². The number of benzene rings is 1. The van der Waals surface area contributed by atoms with Crippen molar-refractivity contribution in [3.8, 4) is 6.07 Å². The molecule has 1 heterocycles. The van der Waals surface area contributed by atoms with Crippen LogP contribution in [0, 0.1) is 11.3 Å². The zero-order valence-corrected chi connectivity index (χ0v) is 8.59. The van der Waals surface area contributed by atoms with Gasteiger partial charge in [0.2, 0.25) is 0 Å². The maximum atomic E-state index is 8.86. The van der Waals surface area contributed by atoms with Crippen LogP contribution in [0.4, 0.5) is 5.82 Å². The molecular weight excluding hydrogens is 200 g/mol. The van der Waals surface area contributed by atoms with E-state index in [1.54, 1.807) is 6.07 Å². The molecule has 16 heavy (non-hydrogen) atoms. The first kappa shape index (κ1) is 10.1. The second-order valence-electron chi connectivity index (χ2n) is 3.24. The number of hydrogen-bond acceptors (Lipinski definition) is 4. The fraction of sp³-hybridized carbons (Fsp3) is 0.0833. The molecule has 1 N–H and O–H groups in total. The van der Waals surface area contributed by atoms with E-state index in [0.29, 0.717) is 17.9 Å². The summed E-state index contributed by atoms with van der Waals surface area (Å²) in [5, 5.41) is 19.6. The maximum absolute atomic E-state index is 8.86. The Balaban J connectivity index is 2.09. The van der Waals surface area contributed by atoms with Crippen molar-refractivity contribution in [2.75, 3.05) is 5.32 Å². The summed E-state index contributed by atoms with van der Waals surface area (Å²) in [6.45, 7) is 0.633. The van der Waals surface area contributed by atoms with Crippen molar-refractivity contribution in [2.24, 2.45) is 0 Å². The van der Waals surface area contributed by atoms with Gasteiger partial charge in [0.15, 0.2) is 5.82 Å². The van der Waals surface area contributed by atoms with Crippen molar-refractivity contribution in [1.82, 2.24) is 10.2 Å². The molecule has 0 bridgehead atoms. The van der Waals surface area contributed by atoms with E-state index in [1.165, 1.54) is 6.20 Å². The predicted octanol–water partition coefficient (Wildman–Crippen LogP) is 1.96. The molecule has 4 heteroatoms. The van der Waals surface area contributed by atoms with Crippen molar-refractivity contribution in [1.29, 1.82) is 5.26 Å². The number of nitrogens with zero attached hydrogens (tertiary/aromatic N) is 3. The molecule has 0 spiro atoms. The van der Waals surface area contributed by atoms with Gasteiger partial charge in [0.1, 0.15) is 6.07 Å². The third-order valence-corrected chi connectivity index (χ3v) is 2.14. The molecule has 0 saturated heterocycles. The summed E-state index contributed by atoms with van der Waals surface area (Å²) in [5.41, 5.74) is 1.64. The van der Waals surface area contributed by atoms with Crippen molar-refractivity contribution in [3.05, 3.63) is 53.7 Å². The highest BCUT2D eigenvalue weighted by Crippen LogP contribution is 2.10. The van der Waals surface area contributed by atoms with Gasteiger partial charge in [-0.25, -0.2) is 0 Å². The Kier molecular flexibility index (Phi) is 3.10. The molecule has 0 aliphatic rings. The molecule has 0 atom stereocenters. The minimum absolute atomic E-state index is 0.505. The largest absolute Gasteiger partial charge is 0.363 e. The monoisotopic (exact) mass is 210 g/mol. The molecule has 1 aromatic carbocycles. The summed E-state index contributed by atoms with van der Waals surface area (Å²) in [5.74, 6) is 0.522. The van der Waals surface area contributed by atoms with Crippen molar-refractivity contribution < 1.29 is 0 Å². The number of hydrogen-bond donors (Lipinski definition) is 1. The third kappa shape index (κ3) is 2.34. The minimum atomic E-state index is 0.505. The number of aromatic nitrogens is 2. The first-order valence-electron chi connectivity index (χ1n) is 4.90. The second-order valence-corrected chi connectivity index (χ2v) is 3.24. The maximum Gasteiger partial charge on any atom is 0.166 e. The summed E-state index contributed by atoms with van der Waals surface area (Å²) in [4.78, 5) is 0. The quantitative estimate of drug-likeness (QED) is 0.841. The lowest BCUT2D eigenvalue weighted by Gasteiger charge is -2.05. The average Bonchev–Trinajstić information content (AvgIpc) is 2.38. The third-order valence-electron chi connectivity index (χ3n) is 2.14. The van der Waals surface area contributed by atoms with Crippen LogP contribution in [0.2, 0.25) is 0 Å². The number of anilines is 1. The lowest BCUT2D eigenvalue weighted by atomic mass is 10.2. The van der Waals surface area contributed by atoms with Crippen molar-refractivity contribution >= 4 is 5.82 Å². The molecular formula is C12H10N4. The summed E-state index contributed by atoms with van der Waals surface area (Å²) in [6, 6.07) is 13.6. The van der Waals surface area contributed by atoms with E-state index in [1.807, 2.05) is 30.3 Å². The molecule has 0 unspecified atom stereocenters. The zero-order chi connectivity index (χ0) is 11.2. The van der Waals surface area contributed by atoms with Crippen molar-refractivity contribution in [3.63, 3.8) is 0 Å². The van der Waals surface area contributed by atoms with Gasteiger partial charge in [0.05, 0.1) is 11.8 Å². The summed E-state index contributed by atoms with van der Waals surface area (Å²) < 4.78 is 0. The van der Waals surface area contributed by atoms with Gasteiger partial charge < -0.3 is 5.32 Å². The number of rotatable bonds is 3. The fourth-order valence-corrected chi connectivity index (χ4v) is 1.33. The fourth-order valence-electron chi connectivity index (χ4n) is 1.33. The highest BCUT2D eigenvalue weighted by atomic mass is 15.2. The lowest BCUT2D eigenvalue weighted by molar-refractivity contribution is 0.994. The molecule has 0 radical (unpaired) electrons. The molecule has 2 aromatic rings. The second kappa shape index (κ2) is 4.89. The van der Waals surface area contributed by atoms with Crippen LogP contribution in [0.25, 0.3) is 0 Å². The van der Waals surface area contributed by atoms with Crippen LogP contribution < -0.4 is 5.32 Å².